The fourth-order valence-corrected chi connectivity index (χ4v) is 3.40. The molecule has 0 aromatic heterocycles. The molecule has 0 spiro atoms. The fraction of sp³-hybridized carbons (Fsp3) is 0.348. The van der Waals surface area contributed by atoms with E-state index in [0.29, 0.717) is 18.8 Å². The minimum Gasteiger partial charge on any atom is -0.481 e. The molecule has 1 N–H and O–H groups in total. The van der Waals surface area contributed by atoms with Crippen LogP contribution in [0.2, 0.25) is 0 Å². The van der Waals surface area contributed by atoms with E-state index in [0.717, 1.165) is 11.1 Å². The molecule has 1 saturated heterocycles. The van der Waals surface area contributed by atoms with E-state index in [1.807, 2.05) is 54.6 Å². The van der Waals surface area contributed by atoms with Gasteiger partial charge in [0, 0.05) is 13.1 Å². The summed E-state index contributed by atoms with van der Waals surface area (Å²) in [5.74, 6) is -0.658. The van der Waals surface area contributed by atoms with Gasteiger partial charge in [0.25, 0.3) is 5.91 Å². The van der Waals surface area contributed by atoms with Crippen molar-refractivity contribution in [3.05, 3.63) is 54.6 Å². The highest BCUT2D eigenvalue weighted by Crippen LogP contribution is 2.23. The largest absolute Gasteiger partial charge is 0.481 e. The molecule has 1 aliphatic rings. The molecule has 2 amide bonds. The van der Waals surface area contributed by atoms with Crippen LogP contribution in [0.5, 0.6) is 5.75 Å². The molecule has 0 aliphatic carbocycles. The molecule has 0 saturated carbocycles. The lowest BCUT2D eigenvalue weighted by Crippen LogP contribution is -2.60. The molecular weight excluding hydrogens is 384 g/mol. The number of carbonyl (C=O) groups excluding carboxylic acids is 3. The normalized spacial score (nSPS) is 17.1. The third-order valence-electron chi connectivity index (χ3n) is 4.90. The summed E-state index contributed by atoms with van der Waals surface area (Å²) in [5, 5.41) is 2.69. The zero-order chi connectivity index (χ0) is 21.5. The molecule has 1 heterocycles. The van der Waals surface area contributed by atoms with E-state index in [9.17, 15) is 14.4 Å². The highest BCUT2D eigenvalue weighted by molar-refractivity contribution is 5.93. The second-order valence-corrected chi connectivity index (χ2v) is 7.00. The number of nitrogens with zero attached hydrogens (tertiary/aromatic N) is 1. The summed E-state index contributed by atoms with van der Waals surface area (Å²) in [7, 11) is 0. The van der Waals surface area contributed by atoms with Crippen LogP contribution in [0, 0.1) is 0 Å². The van der Waals surface area contributed by atoms with Gasteiger partial charge in [-0.1, -0.05) is 42.5 Å². The topological polar surface area (TPSA) is 84.9 Å². The van der Waals surface area contributed by atoms with Crippen molar-refractivity contribution in [2.45, 2.75) is 32.4 Å². The standard InChI is InChI=1S/C23H26N2O5/c1-3-29-21(26)15-20-22(27)24-13-14-25(20)23(28)16(2)30-19-11-9-18(10-12-19)17-7-5-4-6-8-17/h4-12,16,20H,3,13-15H2,1-2H3,(H,24,27)/t16-,20+/m1/s1. The van der Waals surface area contributed by atoms with E-state index in [-0.39, 0.29) is 24.8 Å². The number of benzene rings is 2. The molecule has 7 nitrogen and oxygen atoms in total. The van der Waals surface area contributed by atoms with Gasteiger partial charge in [-0.15, -0.1) is 0 Å². The Morgan fingerprint density at radius 3 is 2.43 bits per heavy atom. The van der Waals surface area contributed by atoms with E-state index in [1.54, 1.807) is 13.8 Å². The smallest absolute Gasteiger partial charge is 0.308 e. The molecule has 30 heavy (non-hydrogen) atoms. The van der Waals surface area contributed by atoms with Crippen molar-refractivity contribution < 1.29 is 23.9 Å². The van der Waals surface area contributed by atoms with Gasteiger partial charge in [0.15, 0.2) is 6.10 Å². The van der Waals surface area contributed by atoms with Gasteiger partial charge in [-0.3, -0.25) is 14.4 Å². The average Bonchev–Trinajstić information content (AvgIpc) is 2.76. The molecule has 2 aromatic carbocycles. The first kappa shape index (κ1) is 21.4. The van der Waals surface area contributed by atoms with Gasteiger partial charge >= 0.3 is 5.97 Å². The zero-order valence-electron chi connectivity index (χ0n) is 17.2. The van der Waals surface area contributed by atoms with Gasteiger partial charge in [0.2, 0.25) is 5.91 Å². The first-order valence-corrected chi connectivity index (χ1v) is 10.1. The number of rotatable bonds is 7. The predicted molar refractivity (Wildman–Crippen MR) is 112 cm³/mol. The Morgan fingerprint density at radius 2 is 1.77 bits per heavy atom. The number of nitrogens with one attached hydrogen (secondary N) is 1. The number of hydrogen-bond donors (Lipinski definition) is 1. The third-order valence-corrected chi connectivity index (χ3v) is 4.90. The highest BCUT2D eigenvalue weighted by atomic mass is 16.5. The zero-order valence-corrected chi connectivity index (χ0v) is 17.2. The van der Waals surface area contributed by atoms with Gasteiger partial charge in [-0.25, -0.2) is 0 Å². The van der Waals surface area contributed by atoms with Crippen LogP contribution in [0.3, 0.4) is 0 Å². The molecule has 1 aliphatic heterocycles. The Kier molecular flexibility index (Phi) is 7.06. The third kappa shape index (κ3) is 5.17. The van der Waals surface area contributed by atoms with Crippen molar-refractivity contribution in [3.63, 3.8) is 0 Å². The second-order valence-electron chi connectivity index (χ2n) is 7.00. The van der Waals surface area contributed by atoms with Gasteiger partial charge in [0.1, 0.15) is 11.8 Å². The first-order chi connectivity index (χ1) is 14.5. The highest BCUT2D eigenvalue weighted by Gasteiger charge is 2.37. The lowest BCUT2D eigenvalue weighted by Gasteiger charge is -2.36. The summed E-state index contributed by atoms with van der Waals surface area (Å²) < 4.78 is 10.8. The van der Waals surface area contributed by atoms with Crippen LogP contribution in [-0.4, -0.2) is 54.5 Å². The van der Waals surface area contributed by atoms with Crippen LogP contribution < -0.4 is 10.1 Å². The SMILES string of the molecule is CCOC(=O)C[C@H]1C(=O)NCCN1C(=O)[C@@H](C)Oc1ccc(-c2ccccc2)cc1. The average molecular weight is 410 g/mol. The summed E-state index contributed by atoms with van der Waals surface area (Å²) in [6.45, 7) is 4.21. The summed E-state index contributed by atoms with van der Waals surface area (Å²) >= 11 is 0. The summed E-state index contributed by atoms with van der Waals surface area (Å²) in [5.41, 5.74) is 2.14. The van der Waals surface area contributed by atoms with Crippen LogP contribution in [0.15, 0.2) is 54.6 Å². The fourth-order valence-electron chi connectivity index (χ4n) is 3.40. The molecule has 1 fully saturated rings. The molecule has 2 atom stereocenters. The van der Waals surface area contributed by atoms with Gasteiger partial charge in [-0.2, -0.15) is 0 Å². The first-order valence-electron chi connectivity index (χ1n) is 10.1. The summed E-state index contributed by atoms with van der Waals surface area (Å²) in [6, 6.07) is 16.5. The molecule has 158 valence electrons. The molecular formula is C23H26N2O5. The van der Waals surface area contributed by atoms with E-state index in [1.165, 1.54) is 4.90 Å². The van der Waals surface area contributed by atoms with Crippen molar-refractivity contribution >= 4 is 17.8 Å². The Bertz CT molecular complexity index is 882. The van der Waals surface area contributed by atoms with Crippen LogP contribution in [-0.2, 0) is 19.1 Å². The molecule has 2 aromatic rings. The van der Waals surface area contributed by atoms with E-state index < -0.39 is 18.1 Å². The monoisotopic (exact) mass is 410 g/mol. The molecule has 3 rings (SSSR count). The lowest BCUT2D eigenvalue weighted by molar-refractivity contribution is -0.153. The molecule has 0 unspecified atom stereocenters. The van der Waals surface area contributed by atoms with Crippen LogP contribution in [0.1, 0.15) is 20.3 Å². The predicted octanol–water partition coefficient (Wildman–Crippen LogP) is 2.40. The van der Waals surface area contributed by atoms with Crippen LogP contribution in [0.4, 0.5) is 0 Å². The number of amides is 2. The Balaban J connectivity index is 1.66. The Hall–Kier alpha value is -3.35. The van der Waals surface area contributed by atoms with E-state index in [4.69, 9.17) is 9.47 Å². The number of ether oxygens (including phenoxy) is 2. The summed E-state index contributed by atoms with van der Waals surface area (Å²) in [4.78, 5) is 38.5. The van der Waals surface area contributed by atoms with Gasteiger partial charge < -0.3 is 19.7 Å². The maximum atomic E-state index is 13.0. The number of piperazine rings is 1. The molecule has 7 heteroatoms. The quantitative estimate of drug-likeness (QED) is 0.709. The number of esters is 1. The minimum absolute atomic E-state index is 0.177. The minimum atomic E-state index is -0.892. The Labute approximate surface area is 176 Å². The number of carbonyl (C=O) groups is 3. The Morgan fingerprint density at radius 1 is 1.10 bits per heavy atom. The maximum absolute atomic E-state index is 13.0. The van der Waals surface area contributed by atoms with E-state index >= 15 is 0 Å². The lowest BCUT2D eigenvalue weighted by atomic mass is 10.1. The van der Waals surface area contributed by atoms with E-state index in [2.05, 4.69) is 5.32 Å². The number of hydrogen-bond acceptors (Lipinski definition) is 5. The van der Waals surface area contributed by atoms with Gasteiger partial charge in [0.05, 0.1) is 13.0 Å². The molecule has 0 bridgehead atoms. The summed E-state index contributed by atoms with van der Waals surface area (Å²) in [6.07, 6.45) is -0.979. The maximum Gasteiger partial charge on any atom is 0.308 e. The van der Waals surface area contributed by atoms with Crippen molar-refractivity contribution in [2.75, 3.05) is 19.7 Å². The van der Waals surface area contributed by atoms with Crippen molar-refractivity contribution in [3.8, 4) is 16.9 Å². The van der Waals surface area contributed by atoms with Gasteiger partial charge in [-0.05, 0) is 37.1 Å². The van der Waals surface area contributed by atoms with Crippen molar-refractivity contribution in [2.24, 2.45) is 0 Å². The van der Waals surface area contributed by atoms with Crippen LogP contribution in [0.25, 0.3) is 11.1 Å². The second kappa shape index (κ2) is 9.91. The van der Waals surface area contributed by atoms with Crippen molar-refractivity contribution in [1.82, 2.24) is 10.2 Å². The molecule has 0 radical (unpaired) electrons. The van der Waals surface area contributed by atoms with Crippen molar-refractivity contribution in [1.29, 1.82) is 0 Å². The van der Waals surface area contributed by atoms with Crippen LogP contribution >= 0.6 is 0 Å².